The summed E-state index contributed by atoms with van der Waals surface area (Å²) >= 11 is 0. The first-order valence-corrected chi connectivity index (χ1v) is 17.4. The fourth-order valence-electron chi connectivity index (χ4n) is 9.45. The number of aliphatic hydroxyl groups excluding tert-OH is 3. The van der Waals surface area contributed by atoms with Gasteiger partial charge in [-0.1, -0.05) is 31.4 Å². The van der Waals surface area contributed by atoms with Crippen LogP contribution in [0.1, 0.15) is 110 Å². The third-order valence-corrected chi connectivity index (χ3v) is 11.7. The highest BCUT2D eigenvalue weighted by atomic mass is 16.5. The Morgan fingerprint density at radius 3 is 2.34 bits per heavy atom. The average molecular weight is 578 g/mol. The maximum Gasteiger partial charge on any atom is 0.0944 e. The van der Waals surface area contributed by atoms with E-state index in [-0.39, 0.29) is 43.5 Å². The van der Waals surface area contributed by atoms with Crippen LogP contribution in [0, 0.1) is 46.3 Å². The second-order valence-corrected chi connectivity index (χ2v) is 14.5. The third kappa shape index (κ3) is 8.10. The van der Waals surface area contributed by atoms with Gasteiger partial charge in [-0.2, -0.15) is 4.91 Å². The molecule has 1 aliphatic heterocycles. The van der Waals surface area contributed by atoms with Crippen molar-refractivity contribution in [1.29, 1.82) is 0 Å². The smallest absolute Gasteiger partial charge is 0.0944 e. The van der Waals surface area contributed by atoms with Gasteiger partial charge in [0.1, 0.15) is 0 Å². The van der Waals surface area contributed by atoms with E-state index in [2.05, 4.69) is 22.7 Å². The normalized spacial score (nSPS) is 40.1. The molecule has 5 N–H and O–H groups in total. The SMILES string of the molecule is CCCC1CC[C@@H](NC(NCCCCC(CO)CO)C2CC2)CC1C1C2CCC(O)CC2OC2CC(N=O)CCC21. The molecule has 4 aliphatic carbocycles. The van der Waals surface area contributed by atoms with Gasteiger partial charge in [0.25, 0.3) is 0 Å². The van der Waals surface area contributed by atoms with Crippen molar-refractivity contribution in [2.75, 3.05) is 19.8 Å². The number of ether oxygens (including phenoxy) is 1. The molecule has 5 rings (SSSR count). The van der Waals surface area contributed by atoms with E-state index < -0.39 is 0 Å². The molecule has 0 aromatic heterocycles. The molecule has 8 heteroatoms. The van der Waals surface area contributed by atoms with Crippen molar-refractivity contribution in [2.24, 2.45) is 46.6 Å². The zero-order chi connectivity index (χ0) is 28.8. The average Bonchev–Trinajstić information content (AvgIpc) is 3.83. The van der Waals surface area contributed by atoms with Crippen LogP contribution in [0.3, 0.4) is 0 Å². The summed E-state index contributed by atoms with van der Waals surface area (Å²) in [4.78, 5) is 11.5. The zero-order valence-electron chi connectivity index (χ0n) is 25.5. The van der Waals surface area contributed by atoms with Crippen LogP contribution < -0.4 is 10.6 Å². The van der Waals surface area contributed by atoms with Crippen LogP contribution >= 0.6 is 0 Å². The lowest BCUT2D eigenvalue weighted by Crippen LogP contribution is -2.58. The molecule has 5 fully saturated rings. The molecule has 0 aromatic carbocycles. The molecule has 236 valence electrons. The molecule has 11 atom stereocenters. The lowest BCUT2D eigenvalue weighted by Gasteiger charge is -2.57. The molecule has 0 spiro atoms. The Labute approximate surface area is 248 Å². The third-order valence-electron chi connectivity index (χ3n) is 11.7. The standard InChI is InChI=1S/C33H59N3O5/c1-2-5-22-9-10-24(35-33(23-7-8-23)34-15-4-3-6-21(19-37)20-38)16-29(22)32-27-13-11-25(36-40)17-30(27)41-31-18-26(39)12-14-28(31)32/h21-35,37-39H,2-20H2,1H3/t22?,24-,25?,26?,27?,28?,29?,30?,31?,32?,33?/m1/s1. The highest BCUT2D eigenvalue weighted by molar-refractivity contribution is 5.03. The quantitative estimate of drug-likeness (QED) is 0.108. The van der Waals surface area contributed by atoms with Crippen molar-refractivity contribution < 1.29 is 20.1 Å². The Morgan fingerprint density at radius 1 is 0.878 bits per heavy atom. The lowest BCUT2D eigenvalue weighted by molar-refractivity contribution is -0.202. The van der Waals surface area contributed by atoms with E-state index >= 15 is 0 Å². The van der Waals surface area contributed by atoms with E-state index in [9.17, 15) is 20.2 Å². The minimum absolute atomic E-state index is 0.0177. The number of nitrogens with one attached hydrogen (secondary N) is 2. The molecule has 10 unspecified atom stereocenters. The first kappa shape index (κ1) is 31.8. The van der Waals surface area contributed by atoms with Gasteiger partial charge in [-0.05, 0) is 126 Å². The van der Waals surface area contributed by atoms with Crippen LogP contribution in [0.2, 0.25) is 0 Å². The summed E-state index contributed by atoms with van der Waals surface area (Å²) in [7, 11) is 0. The topological polar surface area (TPSA) is 123 Å². The van der Waals surface area contributed by atoms with Crippen LogP contribution in [0.5, 0.6) is 0 Å². The fourth-order valence-corrected chi connectivity index (χ4v) is 9.45. The predicted octanol–water partition coefficient (Wildman–Crippen LogP) is 4.74. The molecule has 0 aromatic rings. The lowest BCUT2D eigenvalue weighted by atomic mass is 9.55. The number of rotatable bonds is 15. The van der Waals surface area contributed by atoms with Gasteiger partial charge in [-0.25, -0.2) is 0 Å². The summed E-state index contributed by atoms with van der Waals surface area (Å²) in [6, 6.07) is 0.416. The Morgan fingerprint density at radius 2 is 1.63 bits per heavy atom. The molecule has 0 radical (unpaired) electrons. The van der Waals surface area contributed by atoms with Crippen molar-refractivity contribution in [2.45, 2.75) is 146 Å². The molecular formula is C33H59N3O5. The van der Waals surface area contributed by atoms with E-state index in [1.54, 1.807) is 0 Å². The highest BCUT2D eigenvalue weighted by Crippen LogP contribution is 2.54. The van der Waals surface area contributed by atoms with E-state index in [1.807, 2.05) is 0 Å². The van der Waals surface area contributed by atoms with Gasteiger partial charge in [-0.3, -0.25) is 5.32 Å². The minimum Gasteiger partial charge on any atom is -0.396 e. The van der Waals surface area contributed by atoms with Crippen molar-refractivity contribution in [3.8, 4) is 0 Å². The van der Waals surface area contributed by atoms with Crippen molar-refractivity contribution >= 4 is 0 Å². The molecule has 41 heavy (non-hydrogen) atoms. The van der Waals surface area contributed by atoms with Crippen LogP contribution in [0.25, 0.3) is 0 Å². The van der Waals surface area contributed by atoms with Gasteiger partial charge in [-0.15, -0.1) is 0 Å². The first-order chi connectivity index (χ1) is 20.0. The van der Waals surface area contributed by atoms with Crippen LogP contribution in [-0.2, 0) is 4.74 Å². The van der Waals surface area contributed by atoms with E-state index in [0.29, 0.717) is 35.9 Å². The summed E-state index contributed by atoms with van der Waals surface area (Å²) in [5.41, 5.74) is 0. The molecular weight excluding hydrogens is 518 g/mol. The van der Waals surface area contributed by atoms with Crippen molar-refractivity contribution in [1.82, 2.24) is 10.6 Å². The number of fused-ring (bicyclic) bond motifs is 2. The number of unbranched alkanes of at least 4 members (excludes halogenated alkanes) is 1. The summed E-state index contributed by atoms with van der Waals surface area (Å²) in [5, 5.41) is 40.6. The van der Waals surface area contributed by atoms with Gasteiger partial charge in [0, 0.05) is 25.2 Å². The number of hydrogen-bond donors (Lipinski definition) is 5. The maximum absolute atomic E-state index is 11.5. The maximum atomic E-state index is 11.5. The summed E-state index contributed by atoms with van der Waals surface area (Å²) < 4.78 is 6.73. The van der Waals surface area contributed by atoms with Crippen LogP contribution in [0.15, 0.2) is 5.18 Å². The minimum atomic E-state index is -0.257. The summed E-state index contributed by atoms with van der Waals surface area (Å²) in [6.07, 6.45) is 17.7. The van der Waals surface area contributed by atoms with E-state index in [4.69, 9.17) is 4.74 Å². The van der Waals surface area contributed by atoms with Gasteiger partial charge < -0.3 is 25.4 Å². The van der Waals surface area contributed by atoms with Gasteiger partial charge in [0.2, 0.25) is 0 Å². The number of aliphatic hydroxyl groups is 3. The molecule has 8 nitrogen and oxygen atoms in total. The molecule has 0 amide bonds. The Hall–Kier alpha value is -0.640. The molecule has 4 saturated carbocycles. The molecule has 1 saturated heterocycles. The summed E-state index contributed by atoms with van der Waals surface area (Å²) in [5.74, 6) is 3.85. The Bertz CT molecular complexity index is 795. The predicted molar refractivity (Wildman–Crippen MR) is 161 cm³/mol. The van der Waals surface area contributed by atoms with Gasteiger partial charge >= 0.3 is 0 Å². The largest absolute Gasteiger partial charge is 0.396 e. The number of nitroso groups, excluding NO2 is 1. The van der Waals surface area contributed by atoms with Crippen LogP contribution in [0.4, 0.5) is 0 Å². The molecule has 0 bridgehead atoms. The number of hydrogen-bond acceptors (Lipinski definition) is 8. The number of nitrogens with zero attached hydrogens (tertiary/aromatic N) is 1. The van der Waals surface area contributed by atoms with E-state index in [1.165, 1.54) is 44.9 Å². The van der Waals surface area contributed by atoms with Crippen molar-refractivity contribution in [3.63, 3.8) is 0 Å². The molecule has 1 heterocycles. The fraction of sp³-hybridized carbons (Fsp3) is 1.00. The molecule has 5 aliphatic rings. The Kier molecular flexibility index (Phi) is 11.9. The first-order valence-electron chi connectivity index (χ1n) is 17.4. The Balaban J connectivity index is 1.25. The van der Waals surface area contributed by atoms with Gasteiger partial charge in [0.15, 0.2) is 0 Å². The summed E-state index contributed by atoms with van der Waals surface area (Å²) in [6.45, 7) is 3.46. The van der Waals surface area contributed by atoms with E-state index in [0.717, 1.165) is 76.2 Å². The highest BCUT2D eigenvalue weighted by Gasteiger charge is 2.53. The van der Waals surface area contributed by atoms with Crippen LogP contribution in [-0.4, -0.2) is 71.6 Å². The second kappa shape index (κ2) is 15.4. The van der Waals surface area contributed by atoms with Gasteiger partial charge in [0.05, 0.1) is 30.5 Å². The van der Waals surface area contributed by atoms with Crippen molar-refractivity contribution in [3.05, 3.63) is 4.91 Å². The second-order valence-electron chi connectivity index (χ2n) is 14.5. The zero-order valence-corrected chi connectivity index (χ0v) is 25.5. The monoisotopic (exact) mass is 577 g/mol.